The molecule has 0 atom stereocenters. The standard InChI is InChI=1S/C14H15NO3/c1-4-5-12(16)15-11-8-6-10(7-9-11)14(2,3)13(17)18/h1,6-9H,5H2,2-3H3,(H,15,16)(H,17,18). The van der Waals surface area contributed by atoms with Crippen LogP contribution in [0.3, 0.4) is 0 Å². The third kappa shape index (κ3) is 3.11. The third-order valence-electron chi connectivity index (χ3n) is 2.69. The number of anilines is 1. The predicted molar refractivity (Wildman–Crippen MR) is 69.2 cm³/mol. The van der Waals surface area contributed by atoms with Crippen molar-refractivity contribution in [1.82, 2.24) is 0 Å². The Bertz CT molecular complexity index is 495. The number of amides is 1. The first-order valence-electron chi connectivity index (χ1n) is 5.45. The topological polar surface area (TPSA) is 66.4 Å². The molecular formula is C14H15NO3. The third-order valence-corrected chi connectivity index (χ3v) is 2.69. The smallest absolute Gasteiger partial charge is 0.313 e. The van der Waals surface area contributed by atoms with Crippen LogP contribution >= 0.6 is 0 Å². The summed E-state index contributed by atoms with van der Waals surface area (Å²) in [4.78, 5) is 22.3. The van der Waals surface area contributed by atoms with E-state index < -0.39 is 11.4 Å². The Morgan fingerprint density at radius 1 is 1.33 bits per heavy atom. The van der Waals surface area contributed by atoms with E-state index in [1.165, 1.54) is 0 Å². The molecule has 0 spiro atoms. The molecule has 0 saturated carbocycles. The zero-order chi connectivity index (χ0) is 13.8. The average molecular weight is 245 g/mol. The Kier molecular flexibility index (Phi) is 4.11. The van der Waals surface area contributed by atoms with Crippen LogP contribution < -0.4 is 5.32 Å². The molecular weight excluding hydrogens is 230 g/mol. The van der Waals surface area contributed by atoms with E-state index in [4.69, 9.17) is 11.5 Å². The summed E-state index contributed by atoms with van der Waals surface area (Å²) in [6.07, 6.45) is 5.04. The fourth-order valence-corrected chi connectivity index (χ4v) is 1.39. The van der Waals surface area contributed by atoms with Crippen molar-refractivity contribution >= 4 is 17.6 Å². The normalized spacial score (nSPS) is 10.5. The summed E-state index contributed by atoms with van der Waals surface area (Å²) >= 11 is 0. The van der Waals surface area contributed by atoms with E-state index >= 15 is 0 Å². The Morgan fingerprint density at radius 3 is 2.33 bits per heavy atom. The number of carbonyl (C=O) groups excluding carboxylic acids is 1. The van der Waals surface area contributed by atoms with Crippen molar-refractivity contribution < 1.29 is 14.7 Å². The van der Waals surface area contributed by atoms with Gasteiger partial charge in [0.15, 0.2) is 0 Å². The summed E-state index contributed by atoms with van der Waals surface area (Å²) < 4.78 is 0. The molecule has 0 aliphatic heterocycles. The first-order valence-corrected chi connectivity index (χ1v) is 5.45. The van der Waals surface area contributed by atoms with Crippen molar-refractivity contribution in [2.24, 2.45) is 0 Å². The van der Waals surface area contributed by atoms with E-state index in [-0.39, 0.29) is 12.3 Å². The summed E-state index contributed by atoms with van der Waals surface area (Å²) in [6, 6.07) is 6.68. The highest BCUT2D eigenvalue weighted by Gasteiger charge is 2.29. The van der Waals surface area contributed by atoms with Crippen LogP contribution in [0.2, 0.25) is 0 Å². The van der Waals surface area contributed by atoms with Crippen LogP contribution in [0.15, 0.2) is 24.3 Å². The van der Waals surface area contributed by atoms with Crippen molar-refractivity contribution in [3.63, 3.8) is 0 Å². The number of aliphatic carboxylic acids is 1. The van der Waals surface area contributed by atoms with Crippen LogP contribution in [0.5, 0.6) is 0 Å². The molecule has 1 rings (SSSR count). The highest BCUT2D eigenvalue weighted by Crippen LogP contribution is 2.24. The molecule has 1 aromatic carbocycles. The van der Waals surface area contributed by atoms with Gasteiger partial charge < -0.3 is 10.4 Å². The Labute approximate surface area is 106 Å². The fraction of sp³-hybridized carbons (Fsp3) is 0.286. The Hall–Kier alpha value is -2.28. The molecule has 0 saturated heterocycles. The van der Waals surface area contributed by atoms with Crippen LogP contribution in [-0.4, -0.2) is 17.0 Å². The first-order chi connectivity index (χ1) is 8.37. The number of terminal acetylenes is 1. The van der Waals surface area contributed by atoms with Crippen molar-refractivity contribution in [3.05, 3.63) is 29.8 Å². The van der Waals surface area contributed by atoms with Gasteiger partial charge in [-0.15, -0.1) is 6.42 Å². The SMILES string of the molecule is C#CCC(=O)Nc1ccc(C(C)(C)C(=O)O)cc1. The van der Waals surface area contributed by atoms with Crippen LogP contribution in [0.1, 0.15) is 25.8 Å². The number of carboxylic acids is 1. The van der Waals surface area contributed by atoms with Gasteiger partial charge in [0.05, 0.1) is 11.8 Å². The maximum absolute atomic E-state index is 11.3. The van der Waals surface area contributed by atoms with Crippen LogP contribution in [0.25, 0.3) is 0 Å². The van der Waals surface area contributed by atoms with Crippen molar-refractivity contribution in [1.29, 1.82) is 0 Å². The largest absolute Gasteiger partial charge is 0.481 e. The summed E-state index contributed by atoms with van der Waals surface area (Å²) in [7, 11) is 0. The number of nitrogens with one attached hydrogen (secondary N) is 1. The quantitative estimate of drug-likeness (QED) is 0.797. The fourth-order valence-electron chi connectivity index (χ4n) is 1.39. The molecule has 4 nitrogen and oxygen atoms in total. The van der Waals surface area contributed by atoms with E-state index in [0.717, 1.165) is 0 Å². The second kappa shape index (κ2) is 5.37. The van der Waals surface area contributed by atoms with Gasteiger partial charge in [0, 0.05) is 5.69 Å². The summed E-state index contributed by atoms with van der Waals surface area (Å²) in [5.41, 5.74) is 0.312. The molecule has 0 fully saturated rings. The molecule has 1 amide bonds. The Balaban J connectivity index is 2.84. The van der Waals surface area contributed by atoms with Gasteiger partial charge in [-0.3, -0.25) is 9.59 Å². The number of rotatable bonds is 4. The lowest BCUT2D eigenvalue weighted by Gasteiger charge is -2.19. The van der Waals surface area contributed by atoms with Crippen molar-refractivity contribution in [2.45, 2.75) is 25.7 Å². The van der Waals surface area contributed by atoms with Crippen LogP contribution in [-0.2, 0) is 15.0 Å². The molecule has 0 aliphatic carbocycles. The minimum absolute atomic E-state index is 0.0162. The van der Waals surface area contributed by atoms with E-state index in [0.29, 0.717) is 11.3 Å². The van der Waals surface area contributed by atoms with E-state index in [2.05, 4.69) is 11.2 Å². The van der Waals surface area contributed by atoms with Gasteiger partial charge in [0.2, 0.25) is 5.91 Å². The predicted octanol–water partition coefficient (Wildman–Crippen LogP) is 2.01. The van der Waals surface area contributed by atoms with Gasteiger partial charge >= 0.3 is 5.97 Å². The van der Waals surface area contributed by atoms with E-state index in [9.17, 15) is 9.59 Å². The second-order valence-electron chi connectivity index (χ2n) is 4.44. The van der Waals surface area contributed by atoms with Gasteiger partial charge in [-0.25, -0.2) is 0 Å². The summed E-state index contributed by atoms with van der Waals surface area (Å²) in [5, 5.41) is 11.7. The number of benzene rings is 1. The number of carbonyl (C=O) groups is 2. The monoisotopic (exact) mass is 245 g/mol. The highest BCUT2D eigenvalue weighted by atomic mass is 16.4. The molecule has 94 valence electrons. The van der Waals surface area contributed by atoms with Gasteiger partial charge in [-0.1, -0.05) is 18.1 Å². The molecule has 2 N–H and O–H groups in total. The number of hydrogen-bond donors (Lipinski definition) is 2. The summed E-state index contributed by atoms with van der Waals surface area (Å²) in [5.74, 6) is 1.09. The lowest BCUT2D eigenvalue weighted by molar-refractivity contribution is -0.142. The second-order valence-corrected chi connectivity index (χ2v) is 4.44. The molecule has 18 heavy (non-hydrogen) atoms. The molecule has 0 aliphatic rings. The molecule has 0 heterocycles. The highest BCUT2D eigenvalue weighted by molar-refractivity contribution is 5.92. The number of carboxylic acid groups (broad SMARTS) is 1. The molecule has 0 bridgehead atoms. The zero-order valence-electron chi connectivity index (χ0n) is 10.4. The van der Waals surface area contributed by atoms with E-state index in [1.54, 1.807) is 38.1 Å². The van der Waals surface area contributed by atoms with Crippen molar-refractivity contribution in [2.75, 3.05) is 5.32 Å². The molecule has 1 aromatic rings. The van der Waals surface area contributed by atoms with E-state index in [1.807, 2.05) is 0 Å². The number of hydrogen-bond acceptors (Lipinski definition) is 2. The van der Waals surface area contributed by atoms with Gasteiger partial charge in [-0.2, -0.15) is 0 Å². The lowest BCUT2D eigenvalue weighted by Crippen LogP contribution is -2.28. The minimum Gasteiger partial charge on any atom is -0.481 e. The lowest BCUT2D eigenvalue weighted by atomic mass is 9.85. The summed E-state index contributed by atoms with van der Waals surface area (Å²) in [6.45, 7) is 3.25. The molecule has 0 unspecified atom stereocenters. The Morgan fingerprint density at radius 2 is 1.89 bits per heavy atom. The molecule has 4 heteroatoms. The van der Waals surface area contributed by atoms with Crippen LogP contribution in [0, 0.1) is 12.3 Å². The minimum atomic E-state index is -0.957. The molecule has 0 radical (unpaired) electrons. The van der Waals surface area contributed by atoms with Gasteiger partial charge in [0.25, 0.3) is 0 Å². The zero-order valence-corrected chi connectivity index (χ0v) is 10.4. The maximum Gasteiger partial charge on any atom is 0.313 e. The van der Waals surface area contributed by atoms with Crippen LogP contribution in [0.4, 0.5) is 5.69 Å². The average Bonchev–Trinajstić information content (AvgIpc) is 2.29. The van der Waals surface area contributed by atoms with Gasteiger partial charge in [-0.05, 0) is 31.5 Å². The van der Waals surface area contributed by atoms with Gasteiger partial charge in [0.1, 0.15) is 0 Å². The van der Waals surface area contributed by atoms with Crippen molar-refractivity contribution in [3.8, 4) is 12.3 Å². The maximum atomic E-state index is 11.3. The first kappa shape index (κ1) is 13.8. The molecule has 0 aromatic heterocycles.